The molecular formula is C14H14ClNO3S. The zero-order chi connectivity index (χ0) is 14.8. The highest BCUT2D eigenvalue weighted by atomic mass is 35.5. The summed E-state index contributed by atoms with van der Waals surface area (Å²) in [6.45, 7) is 0.347. The minimum Gasteiger partial charge on any atom is -0.506 e. The molecule has 0 aromatic heterocycles. The summed E-state index contributed by atoms with van der Waals surface area (Å²) in [6, 6.07) is 11.6. The van der Waals surface area contributed by atoms with E-state index in [2.05, 4.69) is 5.32 Å². The van der Waals surface area contributed by atoms with Gasteiger partial charge in [0.05, 0.1) is 9.92 Å². The third-order valence-corrected chi connectivity index (χ3v) is 4.23. The standard InChI is InChI=1S/C14H14ClNO3S/c1-20(18,19)12-6-3-5-11(8-12)16-9-10-4-2-7-13(15)14(10)17/h2-8,16-17H,9H2,1H3. The second kappa shape index (κ2) is 5.73. The molecule has 0 unspecified atom stereocenters. The van der Waals surface area contributed by atoms with Gasteiger partial charge in [-0.15, -0.1) is 0 Å². The summed E-state index contributed by atoms with van der Waals surface area (Å²) in [4.78, 5) is 0.248. The van der Waals surface area contributed by atoms with Gasteiger partial charge in [-0.05, 0) is 24.3 Å². The Morgan fingerprint density at radius 2 is 1.90 bits per heavy atom. The number of phenols is 1. The van der Waals surface area contributed by atoms with Crippen molar-refractivity contribution in [2.75, 3.05) is 11.6 Å². The number of para-hydroxylation sites is 1. The van der Waals surface area contributed by atoms with E-state index in [4.69, 9.17) is 11.6 Å². The highest BCUT2D eigenvalue weighted by Crippen LogP contribution is 2.27. The van der Waals surface area contributed by atoms with E-state index in [0.29, 0.717) is 17.8 Å². The summed E-state index contributed by atoms with van der Waals surface area (Å²) in [5.74, 6) is 0.0286. The van der Waals surface area contributed by atoms with E-state index in [1.165, 1.54) is 6.07 Å². The molecule has 0 atom stereocenters. The Labute approximate surface area is 122 Å². The summed E-state index contributed by atoms with van der Waals surface area (Å²) < 4.78 is 22.9. The highest BCUT2D eigenvalue weighted by molar-refractivity contribution is 7.90. The zero-order valence-corrected chi connectivity index (χ0v) is 12.4. The Bertz CT molecular complexity index is 729. The van der Waals surface area contributed by atoms with Crippen molar-refractivity contribution in [3.05, 3.63) is 53.1 Å². The minimum atomic E-state index is -3.23. The van der Waals surface area contributed by atoms with Crippen LogP contribution in [0.3, 0.4) is 0 Å². The smallest absolute Gasteiger partial charge is 0.175 e. The number of halogens is 1. The van der Waals surface area contributed by atoms with Crippen LogP contribution in [0.2, 0.25) is 5.02 Å². The van der Waals surface area contributed by atoms with Gasteiger partial charge in [-0.3, -0.25) is 0 Å². The Hall–Kier alpha value is -1.72. The Morgan fingerprint density at radius 1 is 1.20 bits per heavy atom. The van der Waals surface area contributed by atoms with Gasteiger partial charge in [-0.1, -0.05) is 29.8 Å². The first kappa shape index (κ1) is 14.7. The van der Waals surface area contributed by atoms with E-state index in [-0.39, 0.29) is 15.7 Å². The largest absolute Gasteiger partial charge is 0.506 e. The van der Waals surface area contributed by atoms with E-state index in [0.717, 1.165) is 6.26 Å². The lowest BCUT2D eigenvalue weighted by Gasteiger charge is -2.10. The lowest BCUT2D eigenvalue weighted by Crippen LogP contribution is -2.02. The van der Waals surface area contributed by atoms with E-state index in [1.54, 1.807) is 36.4 Å². The number of sulfone groups is 1. The molecule has 2 rings (SSSR count). The van der Waals surface area contributed by atoms with Crippen molar-refractivity contribution < 1.29 is 13.5 Å². The molecule has 6 heteroatoms. The molecule has 0 saturated heterocycles. The van der Waals surface area contributed by atoms with Crippen LogP contribution in [0.25, 0.3) is 0 Å². The van der Waals surface area contributed by atoms with Crippen LogP contribution < -0.4 is 5.32 Å². The van der Waals surface area contributed by atoms with Crippen molar-refractivity contribution in [3.63, 3.8) is 0 Å². The average Bonchev–Trinajstić information content (AvgIpc) is 2.40. The van der Waals surface area contributed by atoms with Gasteiger partial charge >= 0.3 is 0 Å². The summed E-state index contributed by atoms with van der Waals surface area (Å²) in [5, 5.41) is 13.1. The number of anilines is 1. The normalized spacial score (nSPS) is 11.3. The predicted molar refractivity (Wildman–Crippen MR) is 80.0 cm³/mol. The van der Waals surface area contributed by atoms with E-state index >= 15 is 0 Å². The van der Waals surface area contributed by atoms with Crippen LogP contribution in [0, 0.1) is 0 Å². The van der Waals surface area contributed by atoms with Crippen molar-refractivity contribution in [1.29, 1.82) is 0 Å². The van der Waals surface area contributed by atoms with Crippen molar-refractivity contribution in [2.24, 2.45) is 0 Å². The molecule has 0 aliphatic heterocycles. The van der Waals surface area contributed by atoms with Gasteiger partial charge in [0, 0.05) is 24.1 Å². The number of rotatable bonds is 4. The van der Waals surface area contributed by atoms with Gasteiger partial charge in [0.25, 0.3) is 0 Å². The van der Waals surface area contributed by atoms with Crippen LogP contribution in [0.5, 0.6) is 5.75 Å². The monoisotopic (exact) mass is 311 g/mol. The molecular weight excluding hydrogens is 298 g/mol. The quantitative estimate of drug-likeness (QED) is 0.910. The first-order valence-electron chi connectivity index (χ1n) is 5.88. The Balaban J connectivity index is 2.18. The van der Waals surface area contributed by atoms with Crippen molar-refractivity contribution in [1.82, 2.24) is 0 Å². The zero-order valence-electron chi connectivity index (χ0n) is 10.8. The Morgan fingerprint density at radius 3 is 2.60 bits per heavy atom. The number of benzene rings is 2. The van der Waals surface area contributed by atoms with E-state index in [9.17, 15) is 13.5 Å². The predicted octanol–water partition coefficient (Wildman–Crippen LogP) is 3.06. The van der Waals surface area contributed by atoms with Crippen LogP contribution in [-0.4, -0.2) is 19.8 Å². The van der Waals surface area contributed by atoms with Crippen molar-refractivity contribution in [3.8, 4) is 5.75 Å². The van der Waals surface area contributed by atoms with Crippen LogP contribution in [0.15, 0.2) is 47.4 Å². The molecule has 2 aromatic rings. The molecule has 2 N–H and O–H groups in total. The summed E-state index contributed by atoms with van der Waals surface area (Å²) >= 11 is 5.82. The lowest BCUT2D eigenvalue weighted by atomic mass is 10.2. The first-order chi connectivity index (χ1) is 9.38. The average molecular weight is 312 g/mol. The van der Waals surface area contributed by atoms with Gasteiger partial charge in [0.1, 0.15) is 5.75 Å². The summed E-state index contributed by atoms with van der Waals surface area (Å²) in [6.07, 6.45) is 1.16. The number of hydrogen-bond acceptors (Lipinski definition) is 4. The molecule has 0 bridgehead atoms. The number of nitrogens with one attached hydrogen (secondary N) is 1. The number of aromatic hydroxyl groups is 1. The molecule has 0 fully saturated rings. The van der Waals surface area contributed by atoms with Gasteiger partial charge in [-0.25, -0.2) is 8.42 Å². The van der Waals surface area contributed by atoms with Crippen molar-refractivity contribution in [2.45, 2.75) is 11.4 Å². The summed E-state index contributed by atoms with van der Waals surface area (Å²) in [5.41, 5.74) is 1.30. The fourth-order valence-electron chi connectivity index (χ4n) is 1.74. The SMILES string of the molecule is CS(=O)(=O)c1cccc(NCc2cccc(Cl)c2O)c1. The molecule has 0 amide bonds. The molecule has 0 aliphatic rings. The highest BCUT2D eigenvalue weighted by Gasteiger charge is 2.08. The third kappa shape index (κ3) is 3.43. The molecule has 2 aromatic carbocycles. The summed E-state index contributed by atoms with van der Waals surface area (Å²) in [7, 11) is -3.23. The fourth-order valence-corrected chi connectivity index (χ4v) is 2.60. The topological polar surface area (TPSA) is 66.4 Å². The molecule has 4 nitrogen and oxygen atoms in total. The van der Waals surface area contributed by atoms with E-state index in [1.807, 2.05) is 0 Å². The van der Waals surface area contributed by atoms with Gasteiger partial charge in [0.2, 0.25) is 0 Å². The number of hydrogen-bond donors (Lipinski definition) is 2. The molecule has 0 radical (unpaired) electrons. The van der Waals surface area contributed by atoms with Crippen LogP contribution >= 0.6 is 11.6 Å². The maximum Gasteiger partial charge on any atom is 0.175 e. The second-order valence-electron chi connectivity index (χ2n) is 4.40. The Kier molecular flexibility index (Phi) is 4.20. The fraction of sp³-hybridized carbons (Fsp3) is 0.143. The van der Waals surface area contributed by atoms with Gasteiger partial charge < -0.3 is 10.4 Å². The van der Waals surface area contributed by atoms with Crippen molar-refractivity contribution >= 4 is 27.1 Å². The van der Waals surface area contributed by atoms with Crippen LogP contribution in [0.1, 0.15) is 5.56 Å². The third-order valence-electron chi connectivity index (χ3n) is 2.82. The maximum atomic E-state index is 11.5. The molecule has 0 heterocycles. The van der Waals surface area contributed by atoms with E-state index < -0.39 is 9.84 Å². The molecule has 106 valence electrons. The number of phenolic OH excluding ortho intramolecular Hbond substituents is 1. The molecule has 0 saturated carbocycles. The lowest BCUT2D eigenvalue weighted by molar-refractivity contribution is 0.469. The second-order valence-corrected chi connectivity index (χ2v) is 6.82. The van der Waals surface area contributed by atoms with Gasteiger partial charge in [-0.2, -0.15) is 0 Å². The first-order valence-corrected chi connectivity index (χ1v) is 8.15. The molecule has 0 aliphatic carbocycles. The van der Waals surface area contributed by atoms with Crippen LogP contribution in [0.4, 0.5) is 5.69 Å². The molecule has 0 spiro atoms. The minimum absolute atomic E-state index is 0.0286. The van der Waals surface area contributed by atoms with Gasteiger partial charge in [0.15, 0.2) is 9.84 Å². The maximum absolute atomic E-state index is 11.5. The molecule has 20 heavy (non-hydrogen) atoms. The van der Waals surface area contributed by atoms with Crippen LogP contribution in [-0.2, 0) is 16.4 Å².